The first kappa shape index (κ1) is 16.4. The lowest BCUT2D eigenvalue weighted by Crippen LogP contribution is -2.45. The quantitative estimate of drug-likeness (QED) is 0.783. The van der Waals surface area contributed by atoms with Gasteiger partial charge in [0.15, 0.2) is 5.66 Å². The minimum Gasteiger partial charge on any atom is -0.356 e. The summed E-state index contributed by atoms with van der Waals surface area (Å²) in [5, 5.41) is 11.3. The Morgan fingerprint density at radius 1 is 1.33 bits per heavy atom. The van der Waals surface area contributed by atoms with Crippen LogP contribution in [0, 0.1) is 12.3 Å². The number of nitrogens with one attached hydrogen (secondary N) is 1. The predicted molar refractivity (Wildman–Crippen MR) is 92.5 cm³/mol. The van der Waals surface area contributed by atoms with Crippen LogP contribution in [-0.4, -0.2) is 35.7 Å². The monoisotopic (exact) mass is 325 g/mol. The van der Waals surface area contributed by atoms with Gasteiger partial charge in [0.05, 0.1) is 0 Å². The third-order valence-electron chi connectivity index (χ3n) is 4.64. The van der Waals surface area contributed by atoms with Gasteiger partial charge in [-0.2, -0.15) is 10.2 Å². The Morgan fingerprint density at radius 3 is 2.75 bits per heavy atom. The largest absolute Gasteiger partial charge is 0.356 e. The summed E-state index contributed by atoms with van der Waals surface area (Å²) in [7, 11) is 0. The number of nitrogens with zero attached hydrogens (tertiary/aromatic N) is 4. The highest BCUT2D eigenvalue weighted by molar-refractivity contribution is 5.76. The summed E-state index contributed by atoms with van der Waals surface area (Å²) < 4.78 is 0. The van der Waals surface area contributed by atoms with Crippen LogP contribution in [0.3, 0.4) is 0 Å². The first-order valence-electron chi connectivity index (χ1n) is 8.54. The number of rotatable bonds is 7. The lowest BCUT2D eigenvalue weighted by molar-refractivity contribution is -0.122. The van der Waals surface area contributed by atoms with Crippen LogP contribution in [0.15, 0.2) is 34.6 Å². The van der Waals surface area contributed by atoms with E-state index in [1.54, 1.807) is 0 Å². The van der Waals surface area contributed by atoms with Crippen molar-refractivity contribution in [3.63, 3.8) is 0 Å². The highest BCUT2D eigenvalue weighted by Gasteiger charge is 2.39. The Balaban J connectivity index is 1.37. The second-order valence-electron chi connectivity index (χ2n) is 6.40. The van der Waals surface area contributed by atoms with E-state index in [1.165, 1.54) is 0 Å². The van der Waals surface area contributed by atoms with Gasteiger partial charge in [-0.25, -0.2) is 4.98 Å². The number of terminal acetylenes is 1. The van der Waals surface area contributed by atoms with Crippen LogP contribution in [0.1, 0.15) is 38.5 Å². The molecule has 1 N–H and O–H groups in total. The summed E-state index contributed by atoms with van der Waals surface area (Å²) in [6.07, 6.45) is 11.5. The van der Waals surface area contributed by atoms with Crippen LogP contribution in [-0.2, 0) is 4.79 Å². The molecule has 1 amide bonds. The number of carbonyl (C=O) groups is 1. The summed E-state index contributed by atoms with van der Waals surface area (Å²) in [6, 6.07) is 6.19. The van der Waals surface area contributed by atoms with Crippen LogP contribution in [0.5, 0.6) is 0 Å². The van der Waals surface area contributed by atoms with Crippen molar-refractivity contribution in [2.45, 2.75) is 50.2 Å². The molecule has 0 aromatic carbocycles. The summed E-state index contributed by atoms with van der Waals surface area (Å²) >= 11 is 0. The summed E-state index contributed by atoms with van der Waals surface area (Å²) in [5.74, 6) is 3.70. The molecule has 2 aliphatic rings. The molecule has 0 aliphatic carbocycles. The molecule has 24 heavy (non-hydrogen) atoms. The number of hydrogen-bond donors (Lipinski definition) is 1. The van der Waals surface area contributed by atoms with Gasteiger partial charge in [0.2, 0.25) is 5.91 Å². The molecule has 2 aliphatic heterocycles. The Morgan fingerprint density at radius 2 is 2.12 bits per heavy atom. The van der Waals surface area contributed by atoms with Gasteiger partial charge in [-0.1, -0.05) is 6.07 Å². The number of piperidine rings is 1. The molecule has 3 heterocycles. The maximum atomic E-state index is 12.2. The molecular weight excluding hydrogens is 302 g/mol. The maximum Gasteiger partial charge on any atom is 0.220 e. The first-order valence-corrected chi connectivity index (χ1v) is 8.54. The van der Waals surface area contributed by atoms with Crippen LogP contribution in [0.4, 0.5) is 5.82 Å². The summed E-state index contributed by atoms with van der Waals surface area (Å²) in [6.45, 7) is 1.83. The molecule has 0 radical (unpaired) electrons. The van der Waals surface area contributed by atoms with E-state index < -0.39 is 0 Å². The molecule has 6 heteroatoms. The van der Waals surface area contributed by atoms with E-state index in [1.807, 2.05) is 24.4 Å². The summed E-state index contributed by atoms with van der Waals surface area (Å²) in [4.78, 5) is 18.8. The Labute approximate surface area is 142 Å². The van der Waals surface area contributed by atoms with E-state index in [0.29, 0.717) is 19.3 Å². The number of pyridine rings is 1. The van der Waals surface area contributed by atoms with Gasteiger partial charge >= 0.3 is 0 Å². The lowest BCUT2D eigenvalue weighted by Gasteiger charge is -2.33. The molecule has 0 spiro atoms. The summed E-state index contributed by atoms with van der Waals surface area (Å²) in [5.41, 5.74) is -0.369. The van der Waals surface area contributed by atoms with Crippen molar-refractivity contribution >= 4 is 11.7 Å². The Hall–Kier alpha value is -2.42. The molecule has 1 aromatic heterocycles. The fourth-order valence-electron chi connectivity index (χ4n) is 3.08. The number of anilines is 1. The topological polar surface area (TPSA) is 70.0 Å². The van der Waals surface area contributed by atoms with Crippen LogP contribution < -0.4 is 10.2 Å². The minimum absolute atomic E-state index is 0.0867. The molecule has 1 fully saturated rings. The molecule has 1 aromatic rings. The van der Waals surface area contributed by atoms with Crippen LogP contribution in [0.25, 0.3) is 0 Å². The van der Waals surface area contributed by atoms with E-state index >= 15 is 0 Å². The third-order valence-corrected chi connectivity index (χ3v) is 4.64. The Bertz CT molecular complexity index is 623. The van der Waals surface area contributed by atoms with Crippen molar-refractivity contribution in [2.75, 3.05) is 18.0 Å². The van der Waals surface area contributed by atoms with Gasteiger partial charge < -0.3 is 10.2 Å². The fourth-order valence-corrected chi connectivity index (χ4v) is 3.08. The van der Waals surface area contributed by atoms with Crippen molar-refractivity contribution in [2.24, 2.45) is 10.2 Å². The average Bonchev–Trinajstić information content (AvgIpc) is 3.40. The molecule has 0 atom stereocenters. The van der Waals surface area contributed by atoms with E-state index in [0.717, 1.165) is 38.2 Å². The van der Waals surface area contributed by atoms with Crippen LogP contribution >= 0.6 is 0 Å². The van der Waals surface area contributed by atoms with Gasteiger partial charge in [-0.3, -0.25) is 4.79 Å². The molecule has 1 saturated heterocycles. The maximum absolute atomic E-state index is 12.2. The number of hydrogen-bond acceptors (Lipinski definition) is 5. The van der Waals surface area contributed by atoms with E-state index in [9.17, 15) is 4.79 Å². The predicted octanol–water partition coefficient (Wildman–Crippen LogP) is 2.52. The van der Waals surface area contributed by atoms with Gasteiger partial charge in [0.25, 0.3) is 0 Å². The highest BCUT2D eigenvalue weighted by atomic mass is 16.1. The van der Waals surface area contributed by atoms with Crippen molar-refractivity contribution in [3.05, 3.63) is 24.4 Å². The van der Waals surface area contributed by atoms with Crippen molar-refractivity contribution in [1.82, 2.24) is 10.3 Å². The smallest absolute Gasteiger partial charge is 0.220 e. The normalized spacial score (nSPS) is 18.9. The van der Waals surface area contributed by atoms with Crippen LogP contribution in [0.2, 0.25) is 0 Å². The zero-order chi connectivity index (χ0) is 16.8. The van der Waals surface area contributed by atoms with Gasteiger partial charge in [-0.15, -0.1) is 12.3 Å². The molecule has 0 saturated carbocycles. The average molecular weight is 325 g/mol. The third kappa shape index (κ3) is 4.31. The first-order chi connectivity index (χ1) is 11.7. The van der Waals surface area contributed by atoms with Gasteiger partial charge in [-0.05, 0) is 25.0 Å². The van der Waals surface area contributed by atoms with E-state index in [2.05, 4.69) is 31.3 Å². The zero-order valence-electron chi connectivity index (χ0n) is 13.8. The fraction of sp³-hybridized carbons (Fsp3) is 0.556. The molecule has 0 bridgehead atoms. The van der Waals surface area contributed by atoms with Crippen molar-refractivity contribution in [3.8, 4) is 12.3 Å². The molecule has 126 valence electrons. The van der Waals surface area contributed by atoms with E-state index in [-0.39, 0.29) is 17.6 Å². The number of carbonyl (C=O) groups excluding carboxylic acids is 1. The second-order valence-corrected chi connectivity index (χ2v) is 6.40. The number of amides is 1. The highest BCUT2D eigenvalue weighted by Crippen LogP contribution is 2.37. The standard InChI is InChI=1S/C18H23N5O/c1-2-3-10-18(21-22-18)11-7-17(24)20-15-8-13-23(14-9-15)16-6-4-5-12-19-16/h1,4-6,12,15H,3,7-11,13-14H2,(H,20,24). The van der Waals surface area contributed by atoms with Crippen molar-refractivity contribution in [1.29, 1.82) is 0 Å². The van der Waals surface area contributed by atoms with Gasteiger partial charge in [0, 0.05) is 51.0 Å². The SMILES string of the molecule is C#CCCC1(CCC(=O)NC2CCN(c3ccccn3)CC2)N=N1. The molecule has 3 rings (SSSR count). The van der Waals surface area contributed by atoms with Gasteiger partial charge in [0.1, 0.15) is 5.82 Å². The second kappa shape index (κ2) is 7.43. The molecule has 6 nitrogen and oxygen atoms in total. The van der Waals surface area contributed by atoms with E-state index in [4.69, 9.17) is 6.42 Å². The Kier molecular flexibility index (Phi) is 5.09. The number of aromatic nitrogens is 1. The zero-order valence-corrected chi connectivity index (χ0v) is 13.8. The van der Waals surface area contributed by atoms with Crippen molar-refractivity contribution < 1.29 is 4.79 Å². The molecular formula is C18H23N5O. The lowest BCUT2D eigenvalue weighted by atomic mass is 10.0. The molecule has 0 unspecified atom stereocenters. The minimum atomic E-state index is -0.369.